The number of hydrogen-bond acceptors (Lipinski definition) is 4. The minimum Gasteiger partial charge on any atom is -0.342 e. The summed E-state index contributed by atoms with van der Waals surface area (Å²) < 4.78 is 0. The molecule has 1 aromatic carbocycles. The smallest absolute Gasteiger partial charge is 0.230 e. The SMILES string of the molecule is O=C(Nc1ccc(Cl)cn1)[C@@H]1CCCN(C(=O)[C@@H]2CCCC[C@@H]2C(=O)N2CCc3ccccc32)C1. The normalized spacial score (nSPS) is 24.1. The van der Waals surface area contributed by atoms with Crippen LogP contribution >= 0.6 is 11.6 Å². The van der Waals surface area contributed by atoms with E-state index in [0.717, 1.165) is 50.6 Å². The molecule has 7 nitrogen and oxygen atoms in total. The highest BCUT2D eigenvalue weighted by Gasteiger charge is 2.42. The number of amides is 3. The number of benzene rings is 1. The van der Waals surface area contributed by atoms with Gasteiger partial charge in [-0.2, -0.15) is 0 Å². The van der Waals surface area contributed by atoms with Gasteiger partial charge < -0.3 is 15.1 Å². The van der Waals surface area contributed by atoms with Gasteiger partial charge in [0.25, 0.3) is 0 Å². The molecule has 5 rings (SSSR count). The molecule has 1 N–H and O–H groups in total. The molecule has 0 bridgehead atoms. The van der Waals surface area contributed by atoms with Gasteiger partial charge in [0.2, 0.25) is 17.7 Å². The van der Waals surface area contributed by atoms with Crippen LogP contribution in [0, 0.1) is 17.8 Å². The van der Waals surface area contributed by atoms with Gasteiger partial charge in [0.1, 0.15) is 5.82 Å². The summed E-state index contributed by atoms with van der Waals surface area (Å²) in [6.45, 7) is 1.69. The number of carbonyl (C=O) groups is 3. The van der Waals surface area contributed by atoms with Gasteiger partial charge in [0.05, 0.1) is 16.9 Å². The minimum atomic E-state index is -0.316. The number of pyridine rings is 1. The monoisotopic (exact) mass is 494 g/mol. The number of piperidine rings is 1. The van der Waals surface area contributed by atoms with Crippen molar-refractivity contribution in [2.24, 2.45) is 17.8 Å². The van der Waals surface area contributed by atoms with Crippen molar-refractivity contribution in [2.75, 3.05) is 29.9 Å². The summed E-state index contributed by atoms with van der Waals surface area (Å²) in [7, 11) is 0. The quantitative estimate of drug-likeness (QED) is 0.686. The first kappa shape index (κ1) is 23.8. The number of rotatable bonds is 4. The summed E-state index contributed by atoms with van der Waals surface area (Å²) >= 11 is 5.88. The lowest BCUT2D eigenvalue weighted by molar-refractivity contribution is -0.145. The van der Waals surface area contributed by atoms with Crippen molar-refractivity contribution in [3.63, 3.8) is 0 Å². The van der Waals surface area contributed by atoms with E-state index in [4.69, 9.17) is 11.6 Å². The van der Waals surface area contributed by atoms with Crippen LogP contribution in [0.5, 0.6) is 0 Å². The molecule has 0 radical (unpaired) electrons. The van der Waals surface area contributed by atoms with Crippen LogP contribution in [-0.4, -0.2) is 47.2 Å². The Balaban J connectivity index is 1.26. The Labute approximate surface area is 210 Å². The van der Waals surface area contributed by atoms with Gasteiger partial charge in [-0.25, -0.2) is 4.98 Å². The van der Waals surface area contributed by atoms with Crippen molar-refractivity contribution in [1.29, 1.82) is 0 Å². The number of carbonyl (C=O) groups excluding carboxylic acids is 3. The van der Waals surface area contributed by atoms with E-state index in [1.807, 2.05) is 28.0 Å². The molecule has 35 heavy (non-hydrogen) atoms. The van der Waals surface area contributed by atoms with Gasteiger partial charge in [-0.05, 0) is 55.9 Å². The van der Waals surface area contributed by atoms with E-state index in [1.54, 1.807) is 12.1 Å². The summed E-state index contributed by atoms with van der Waals surface area (Å²) in [5.74, 6) is -0.494. The topological polar surface area (TPSA) is 82.6 Å². The molecule has 3 atom stereocenters. The maximum Gasteiger partial charge on any atom is 0.230 e. The molecule has 2 aliphatic heterocycles. The average Bonchev–Trinajstić information content (AvgIpc) is 3.33. The van der Waals surface area contributed by atoms with Crippen molar-refractivity contribution in [3.8, 4) is 0 Å². The first-order chi connectivity index (χ1) is 17.0. The fraction of sp³-hybridized carbons (Fsp3) is 0.481. The largest absolute Gasteiger partial charge is 0.342 e. The Hall–Kier alpha value is -2.93. The minimum absolute atomic E-state index is 0.0256. The molecule has 2 aromatic rings. The standard InChI is InChI=1S/C27H31ClN4O3/c28-20-11-12-24(29-16-20)30-25(33)19-7-5-14-31(17-19)26(34)21-8-2-3-9-22(21)27(35)32-15-13-18-6-1-4-10-23(18)32/h1,4,6,10-12,16,19,21-22H,2-3,5,7-9,13-15,17H2,(H,29,30,33)/t19-,21-,22+/m1/s1. The number of aromatic nitrogens is 1. The van der Waals surface area contributed by atoms with E-state index in [9.17, 15) is 14.4 Å². The molecule has 1 aliphatic carbocycles. The molecule has 3 heterocycles. The molecule has 1 saturated carbocycles. The van der Waals surface area contributed by atoms with Crippen molar-refractivity contribution in [3.05, 3.63) is 53.2 Å². The third-order valence-corrected chi connectivity index (χ3v) is 7.86. The lowest BCUT2D eigenvalue weighted by Gasteiger charge is -2.38. The summed E-state index contributed by atoms with van der Waals surface area (Å²) in [5, 5.41) is 3.35. The van der Waals surface area contributed by atoms with Gasteiger partial charge in [-0.1, -0.05) is 42.6 Å². The average molecular weight is 495 g/mol. The molecular weight excluding hydrogens is 464 g/mol. The Morgan fingerprint density at radius 1 is 0.914 bits per heavy atom. The van der Waals surface area contributed by atoms with E-state index in [-0.39, 0.29) is 35.5 Å². The maximum atomic E-state index is 13.7. The lowest BCUT2D eigenvalue weighted by atomic mass is 9.77. The van der Waals surface area contributed by atoms with Crippen molar-refractivity contribution >= 4 is 40.8 Å². The Morgan fingerprint density at radius 2 is 1.69 bits per heavy atom. The van der Waals surface area contributed by atoms with E-state index < -0.39 is 0 Å². The Morgan fingerprint density at radius 3 is 2.46 bits per heavy atom. The zero-order valence-corrected chi connectivity index (χ0v) is 20.5. The first-order valence-corrected chi connectivity index (χ1v) is 13.0. The predicted octanol–water partition coefficient (Wildman–Crippen LogP) is 4.31. The number of para-hydroxylation sites is 1. The van der Waals surface area contributed by atoms with Crippen LogP contribution < -0.4 is 10.2 Å². The Bertz CT molecular complexity index is 1110. The number of likely N-dealkylation sites (tertiary alicyclic amines) is 1. The van der Waals surface area contributed by atoms with Crippen LogP contribution in [-0.2, 0) is 20.8 Å². The van der Waals surface area contributed by atoms with Crippen LogP contribution in [0.2, 0.25) is 5.02 Å². The predicted molar refractivity (Wildman–Crippen MR) is 135 cm³/mol. The third-order valence-electron chi connectivity index (χ3n) is 7.64. The fourth-order valence-electron chi connectivity index (χ4n) is 5.79. The lowest BCUT2D eigenvalue weighted by Crippen LogP contribution is -2.50. The van der Waals surface area contributed by atoms with Gasteiger partial charge in [-0.15, -0.1) is 0 Å². The van der Waals surface area contributed by atoms with Gasteiger partial charge in [0, 0.05) is 37.4 Å². The van der Waals surface area contributed by atoms with Crippen LogP contribution in [0.1, 0.15) is 44.1 Å². The number of nitrogens with one attached hydrogen (secondary N) is 1. The molecule has 1 saturated heterocycles. The van der Waals surface area contributed by atoms with Gasteiger partial charge >= 0.3 is 0 Å². The molecule has 184 valence electrons. The van der Waals surface area contributed by atoms with E-state index in [2.05, 4.69) is 16.4 Å². The van der Waals surface area contributed by atoms with Crippen molar-refractivity contribution < 1.29 is 14.4 Å². The van der Waals surface area contributed by atoms with Gasteiger partial charge in [-0.3, -0.25) is 14.4 Å². The Kier molecular flexibility index (Phi) is 7.04. The molecular formula is C27H31ClN4O3. The number of hydrogen-bond donors (Lipinski definition) is 1. The fourth-order valence-corrected chi connectivity index (χ4v) is 5.91. The summed E-state index contributed by atoms with van der Waals surface area (Å²) in [5.41, 5.74) is 2.18. The molecule has 8 heteroatoms. The number of fused-ring (bicyclic) bond motifs is 1. The molecule has 0 unspecified atom stereocenters. The second kappa shape index (κ2) is 10.4. The maximum absolute atomic E-state index is 13.7. The van der Waals surface area contributed by atoms with E-state index in [0.29, 0.717) is 30.5 Å². The molecule has 1 aromatic heterocycles. The second-order valence-electron chi connectivity index (χ2n) is 9.84. The van der Waals surface area contributed by atoms with E-state index in [1.165, 1.54) is 11.8 Å². The zero-order chi connectivity index (χ0) is 24.4. The highest BCUT2D eigenvalue weighted by atomic mass is 35.5. The van der Waals surface area contributed by atoms with Crippen molar-refractivity contribution in [1.82, 2.24) is 9.88 Å². The summed E-state index contributed by atoms with van der Waals surface area (Å²) in [4.78, 5) is 48.0. The number of nitrogens with zero attached hydrogens (tertiary/aromatic N) is 3. The third kappa shape index (κ3) is 5.06. The molecule has 3 aliphatic rings. The highest BCUT2D eigenvalue weighted by molar-refractivity contribution is 6.30. The zero-order valence-electron chi connectivity index (χ0n) is 19.8. The molecule has 2 fully saturated rings. The summed E-state index contributed by atoms with van der Waals surface area (Å²) in [6.07, 6.45) is 7.24. The molecule has 3 amide bonds. The van der Waals surface area contributed by atoms with Gasteiger partial charge in [0.15, 0.2) is 0 Å². The number of halogens is 1. The van der Waals surface area contributed by atoms with E-state index >= 15 is 0 Å². The highest BCUT2D eigenvalue weighted by Crippen LogP contribution is 2.37. The van der Waals surface area contributed by atoms with Crippen molar-refractivity contribution in [2.45, 2.75) is 44.9 Å². The van der Waals surface area contributed by atoms with Crippen LogP contribution in [0.3, 0.4) is 0 Å². The first-order valence-electron chi connectivity index (χ1n) is 12.6. The second-order valence-corrected chi connectivity index (χ2v) is 10.3. The summed E-state index contributed by atoms with van der Waals surface area (Å²) in [6, 6.07) is 11.4. The van der Waals surface area contributed by atoms with Crippen LogP contribution in [0.25, 0.3) is 0 Å². The number of anilines is 2. The van der Waals surface area contributed by atoms with Crippen LogP contribution in [0.15, 0.2) is 42.6 Å². The van der Waals surface area contributed by atoms with Crippen LogP contribution in [0.4, 0.5) is 11.5 Å². The molecule has 0 spiro atoms.